The molecule has 1 aromatic carbocycles. The Balaban J connectivity index is 1.43. The van der Waals surface area contributed by atoms with Crippen molar-refractivity contribution in [1.29, 1.82) is 0 Å². The van der Waals surface area contributed by atoms with Crippen molar-refractivity contribution in [3.8, 4) is 28.8 Å². The summed E-state index contributed by atoms with van der Waals surface area (Å²) in [6.45, 7) is -0.0343. The molecular formula is C27H23F6N9O2. The van der Waals surface area contributed by atoms with Gasteiger partial charge in [0, 0.05) is 12.0 Å². The number of nitrogens with one attached hydrogen (secondary N) is 1. The van der Waals surface area contributed by atoms with Gasteiger partial charge in [0.05, 0.1) is 38.3 Å². The number of imidazole rings is 1. The molecular weight excluding hydrogens is 596 g/mol. The fourth-order valence-corrected chi connectivity index (χ4v) is 4.67. The molecule has 0 bridgehead atoms. The molecule has 230 valence electrons. The number of nitrogens with zero attached hydrogens (tertiary/aromatic N) is 8. The highest BCUT2D eigenvalue weighted by Crippen LogP contribution is 2.44. The first-order valence-corrected chi connectivity index (χ1v) is 13.2. The molecule has 11 nitrogen and oxygen atoms in total. The minimum absolute atomic E-state index is 0.0343. The molecule has 1 fully saturated rings. The molecule has 5 aromatic rings. The fraction of sp³-hybridized carbons (Fsp3) is 0.333. The minimum Gasteiger partial charge on any atom is -0.481 e. The van der Waals surface area contributed by atoms with E-state index in [2.05, 4.69) is 35.0 Å². The van der Waals surface area contributed by atoms with E-state index in [1.165, 1.54) is 43.4 Å². The number of methoxy groups -OCH3 is 2. The predicted octanol–water partition coefficient (Wildman–Crippen LogP) is 4.83. The normalized spacial score (nSPS) is 14.9. The summed E-state index contributed by atoms with van der Waals surface area (Å²) in [6.07, 6.45) is -6.21. The molecule has 1 N–H and O–H groups in total. The minimum atomic E-state index is -4.67. The summed E-state index contributed by atoms with van der Waals surface area (Å²) in [5.41, 5.74) is 1.17. The van der Waals surface area contributed by atoms with Gasteiger partial charge in [-0.15, -0.1) is 0 Å². The molecule has 4 aromatic heterocycles. The molecule has 0 amide bonds. The maximum atomic E-state index is 14.1. The van der Waals surface area contributed by atoms with E-state index in [1.54, 1.807) is 12.1 Å². The number of alkyl halides is 6. The number of hydrogen-bond donors (Lipinski definition) is 1. The molecule has 0 saturated heterocycles. The van der Waals surface area contributed by atoms with E-state index < -0.39 is 24.6 Å². The second-order valence-electron chi connectivity index (χ2n) is 9.87. The average Bonchev–Trinajstić information content (AvgIpc) is 3.67. The highest BCUT2D eigenvalue weighted by Gasteiger charge is 2.35. The van der Waals surface area contributed by atoms with Crippen LogP contribution < -0.4 is 15.1 Å². The molecule has 1 aliphatic rings. The lowest BCUT2D eigenvalue weighted by atomic mass is 10.1. The molecule has 17 heteroatoms. The van der Waals surface area contributed by atoms with Crippen LogP contribution in [0.1, 0.15) is 35.7 Å². The lowest BCUT2D eigenvalue weighted by Crippen LogP contribution is -2.24. The van der Waals surface area contributed by atoms with E-state index in [4.69, 9.17) is 9.47 Å². The summed E-state index contributed by atoms with van der Waals surface area (Å²) < 4.78 is 92.9. The third-order valence-corrected chi connectivity index (χ3v) is 6.90. The van der Waals surface area contributed by atoms with Gasteiger partial charge in [0.2, 0.25) is 17.4 Å². The number of H-pyrrole nitrogens is 1. The quantitative estimate of drug-likeness (QED) is 0.185. The first-order valence-electron chi connectivity index (χ1n) is 13.2. The number of rotatable bonds is 9. The van der Waals surface area contributed by atoms with Crippen LogP contribution in [0.2, 0.25) is 0 Å². The maximum Gasteiger partial charge on any atom is 0.435 e. The van der Waals surface area contributed by atoms with E-state index in [0.717, 1.165) is 23.6 Å². The van der Waals surface area contributed by atoms with Gasteiger partial charge in [0.1, 0.15) is 17.4 Å². The van der Waals surface area contributed by atoms with E-state index in [-0.39, 0.29) is 52.5 Å². The van der Waals surface area contributed by atoms with Crippen molar-refractivity contribution in [3.63, 3.8) is 0 Å². The van der Waals surface area contributed by atoms with Gasteiger partial charge in [0.15, 0.2) is 17.2 Å². The van der Waals surface area contributed by atoms with Crippen LogP contribution in [0, 0.1) is 0 Å². The van der Waals surface area contributed by atoms with Crippen LogP contribution in [-0.2, 0) is 12.7 Å². The Morgan fingerprint density at radius 2 is 1.80 bits per heavy atom. The predicted molar refractivity (Wildman–Crippen MR) is 142 cm³/mol. The van der Waals surface area contributed by atoms with E-state index in [1.807, 2.05) is 0 Å². The van der Waals surface area contributed by atoms with Crippen LogP contribution in [0.5, 0.6) is 11.8 Å². The molecule has 4 heterocycles. The average molecular weight is 620 g/mol. The summed E-state index contributed by atoms with van der Waals surface area (Å²) in [5, 5.41) is 3.60. The lowest BCUT2D eigenvalue weighted by Gasteiger charge is -2.11. The van der Waals surface area contributed by atoms with Gasteiger partial charge in [-0.1, -0.05) is 12.1 Å². The van der Waals surface area contributed by atoms with Gasteiger partial charge in [-0.25, -0.2) is 42.8 Å². The van der Waals surface area contributed by atoms with Gasteiger partial charge in [-0.05, 0) is 30.5 Å². The van der Waals surface area contributed by atoms with E-state index in [0.29, 0.717) is 16.8 Å². The summed E-state index contributed by atoms with van der Waals surface area (Å²) in [6, 6.07) is 6.95. The van der Waals surface area contributed by atoms with Gasteiger partial charge in [-0.2, -0.15) is 18.3 Å². The zero-order valence-corrected chi connectivity index (χ0v) is 23.1. The van der Waals surface area contributed by atoms with Crippen molar-refractivity contribution in [2.24, 2.45) is 4.99 Å². The van der Waals surface area contributed by atoms with Crippen molar-refractivity contribution in [1.82, 2.24) is 39.3 Å². The number of halogens is 6. The Morgan fingerprint density at radius 3 is 2.43 bits per heavy atom. The van der Waals surface area contributed by atoms with Crippen LogP contribution in [0.4, 0.5) is 26.3 Å². The van der Waals surface area contributed by atoms with Crippen molar-refractivity contribution >= 4 is 11.2 Å². The fourth-order valence-electron chi connectivity index (χ4n) is 4.67. The third-order valence-electron chi connectivity index (χ3n) is 6.90. The van der Waals surface area contributed by atoms with Crippen molar-refractivity contribution in [2.45, 2.75) is 44.2 Å². The van der Waals surface area contributed by atoms with Crippen molar-refractivity contribution in [3.05, 3.63) is 65.4 Å². The van der Waals surface area contributed by atoms with E-state index in [9.17, 15) is 26.3 Å². The number of ether oxygens (including phenoxy) is 2. The zero-order chi connectivity index (χ0) is 31.2. The number of aromatic amines is 1. The Labute approximate surface area is 244 Å². The summed E-state index contributed by atoms with van der Waals surface area (Å²) in [7, 11) is 2.67. The van der Waals surface area contributed by atoms with Gasteiger partial charge in [0.25, 0.3) is 12.7 Å². The smallest absolute Gasteiger partial charge is 0.435 e. The van der Waals surface area contributed by atoms with Crippen molar-refractivity contribution in [2.75, 3.05) is 14.2 Å². The summed E-state index contributed by atoms with van der Waals surface area (Å²) >= 11 is 0. The van der Waals surface area contributed by atoms with Gasteiger partial charge < -0.3 is 14.5 Å². The monoisotopic (exact) mass is 619 g/mol. The molecule has 0 radical (unpaired) electrons. The number of hydrogen-bond acceptors (Lipinski definition) is 8. The largest absolute Gasteiger partial charge is 0.481 e. The molecule has 1 saturated carbocycles. The lowest BCUT2D eigenvalue weighted by molar-refractivity contribution is -0.141. The van der Waals surface area contributed by atoms with Gasteiger partial charge in [-0.3, -0.25) is 4.57 Å². The second-order valence-corrected chi connectivity index (χ2v) is 9.87. The van der Waals surface area contributed by atoms with Crippen LogP contribution in [0.25, 0.3) is 28.2 Å². The first-order chi connectivity index (χ1) is 21.1. The molecule has 1 unspecified atom stereocenters. The number of aromatic nitrogens is 8. The Kier molecular flexibility index (Phi) is 7.46. The zero-order valence-electron chi connectivity index (χ0n) is 23.1. The Hall–Kier alpha value is -4.96. The van der Waals surface area contributed by atoms with Crippen molar-refractivity contribution < 1.29 is 35.8 Å². The molecule has 1 atom stereocenters. The Morgan fingerprint density at radius 1 is 1.05 bits per heavy atom. The number of benzene rings is 1. The van der Waals surface area contributed by atoms with Gasteiger partial charge >= 0.3 is 6.18 Å². The number of fused-ring (bicyclic) bond motifs is 1. The topological polar surface area (TPSA) is 121 Å². The molecule has 44 heavy (non-hydrogen) atoms. The highest BCUT2D eigenvalue weighted by molar-refractivity contribution is 5.75. The van der Waals surface area contributed by atoms with Crippen LogP contribution in [0.3, 0.4) is 0 Å². The summed E-state index contributed by atoms with van der Waals surface area (Å²) in [4.78, 5) is 24.0. The SMILES string of the molecule is COc1ncnc(C2CC2)c1-c1ncc2[nH]c(=NC(F)C(F)F)n(Cc3ccc(-n4nc(C(F)(F)F)cc4OC)cc3)c2n1. The standard InChI is InChI=1S/C27H23F6N9O2/c1-43-18-9-17(27(31,32)33)40-42(18)15-7-3-13(4-8-15)11-41-24-16(37-26(41)38-22(30)21(28)29)10-34-23(39-24)19-20(14-5-6-14)35-12-36-25(19)44-2/h3-4,7-10,12,14,21-22H,5-6,11H2,1-2H3,(H,37,38). The second kappa shape index (κ2) is 11.3. The summed E-state index contributed by atoms with van der Waals surface area (Å²) in [5.74, 6) is 0.521. The van der Waals surface area contributed by atoms with Crippen LogP contribution in [0.15, 0.2) is 47.8 Å². The molecule has 6 rings (SSSR count). The molecule has 0 aliphatic heterocycles. The Bertz CT molecular complexity index is 1880. The third kappa shape index (κ3) is 5.56. The molecule has 0 spiro atoms. The maximum absolute atomic E-state index is 14.1. The molecule has 1 aliphatic carbocycles. The van der Waals surface area contributed by atoms with Crippen LogP contribution in [-0.4, -0.2) is 66.2 Å². The van der Waals surface area contributed by atoms with E-state index >= 15 is 0 Å². The highest BCUT2D eigenvalue weighted by atomic mass is 19.4. The van der Waals surface area contributed by atoms with Crippen LogP contribution >= 0.6 is 0 Å². The first kappa shape index (κ1) is 29.1.